The molecule has 0 bridgehead atoms. The van der Waals surface area contributed by atoms with Gasteiger partial charge in [-0.05, 0) is 66.2 Å². The predicted molar refractivity (Wildman–Crippen MR) is 143 cm³/mol. The Morgan fingerprint density at radius 3 is 2.03 bits per heavy atom. The summed E-state index contributed by atoms with van der Waals surface area (Å²) in [6.45, 7) is 0. The summed E-state index contributed by atoms with van der Waals surface area (Å²) >= 11 is 31.2. The molecule has 1 aliphatic rings. The second kappa shape index (κ2) is 10.4. The normalized spacial score (nSPS) is 17.9. The van der Waals surface area contributed by atoms with Crippen LogP contribution in [0.4, 0.5) is 17.1 Å². The van der Waals surface area contributed by atoms with E-state index < -0.39 is 28.0 Å². The Morgan fingerprint density at radius 2 is 1.41 bits per heavy atom. The maximum atomic E-state index is 12.9. The molecule has 2 amide bonds. The molecule has 0 aliphatic heterocycles. The minimum absolute atomic E-state index is 0. The first-order chi connectivity index (χ1) is 15.6. The lowest BCUT2D eigenvalue weighted by atomic mass is 10.1. The van der Waals surface area contributed by atoms with E-state index in [4.69, 9.17) is 63.7 Å². The van der Waals surface area contributed by atoms with E-state index in [2.05, 4.69) is 10.6 Å². The van der Waals surface area contributed by atoms with Crippen LogP contribution in [0.15, 0.2) is 60.7 Å². The molecule has 4 N–H and O–H groups in total. The van der Waals surface area contributed by atoms with Crippen molar-refractivity contribution in [1.82, 2.24) is 0 Å². The average Bonchev–Trinajstić information content (AvgIpc) is 3.32. The molecule has 34 heavy (non-hydrogen) atoms. The molecule has 0 aromatic heterocycles. The number of halogens is 6. The summed E-state index contributed by atoms with van der Waals surface area (Å²) in [6.07, 6.45) is 0. The number of carbonyl (C=O) groups excluding carboxylic acids is 2. The molecule has 1 saturated carbocycles. The van der Waals surface area contributed by atoms with Crippen LogP contribution in [0, 0.1) is 5.92 Å². The topological polar surface area (TPSA) is 84.2 Å². The Hall–Kier alpha value is -1.86. The number of rotatable bonds is 5. The first-order valence-electron chi connectivity index (χ1n) is 9.67. The van der Waals surface area contributed by atoms with Gasteiger partial charge in [0, 0.05) is 33.0 Å². The molecule has 3 aromatic carbocycles. The number of nitrogens with one attached hydrogen (secondary N) is 2. The number of carbonyl (C=O) groups is 2. The largest absolute Gasteiger partial charge is 0.399 e. The molecule has 11 heteroatoms. The van der Waals surface area contributed by atoms with Gasteiger partial charge in [0.05, 0.1) is 16.5 Å². The van der Waals surface area contributed by atoms with Crippen molar-refractivity contribution in [1.29, 1.82) is 0 Å². The van der Waals surface area contributed by atoms with Gasteiger partial charge in [0.25, 0.3) is 5.91 Å². The minimum Gasteiger partial charge on any atom is -0.399 e. The first kappa shape index (κ1) is 26.7. The molecule has 3 aromatic rings. The van der Waals surface area contributed by atoms with Gasteiger partial charge in [-0.3, -0.25) is 9.59 Å². The molecule has 1 aliphatic carbocycles. The van der Waals surface area contributed by atoms with Crippen molar-refractivity contribution < 1.29 is 9.59 Å². The van der Waals surface area contributed by atoms with Crippen LogP contribution in [0.1, 0.15) is 21.8 Å². The number of nitrogens with two attached hydrogens (primary N) is 1. The van der Waals surface area contributed by atoms with Crippen molar-refractivity contribution in [2.75, 3.05) is 16.4 Å². The Morgan fingerprint density at radius 1 is 0.824 bits per heavy atom. The summed E-state index contributed by atoms with van der Waals surface area (Å²) in [5, 5.41) is 6.55. The lowest BCUT2D eigenvalue weighted by Gasteiger charge is -2.10. The van der Waals surface area contributed by atoms with Gasteiger partial charge >= 0.3 is 0 Å². The van der Waals surface area contributed by atoms with E-state index in [9.17, 15) is 9.59 Å². The van der Waals surface area contributed by atoms with Crippen LogP contribution in [0.2, 0.25) is 15.1 Å². The van der Waals surface area contributed by atoms with Crippen molar-refractivity contribution in [3.63, 3.8) is 0 Å². The lowest BCUT2D eigenvalue weighted by molar-refractivity contribution is -0.117. The van der Waals surface area contributed by atoms with E-state index in [1.54, 1.807) is 48.5 Å². The molecule has 4 rings (SSSR count). The molecule has 0 spiro atoms. The number of alkyl halides is 2. The van der Waals surface area contributed by atoms with Crippen molar-refractivity contribution in [3.05, 3.63) is 86.9 Å². The maximum absolute atomic E-state index is 12.9. The molecule has 0 heterocycles. The number of amides is 2. The third kappa shape index (κ3) is 5.68. The van der Waals surface area contributed by atoms with Crippen LogP contribution in [-0.2, 0) is 4.79 Å². The van der Waals surface area contributed by atoms with Crippen LogP contribution in [0.3, 0.4) is 0 Å². The standard InChI is InChI=1S/C23H16Cl5N3O2.ClH/c24-12-7-11(8-13(25)9-12)19-20(23(19,27)28)22(33)31-16-5-6-18(26)17(10-16)21(32)30-15-3-1-14(29)2-4-15;/h1-10,19-20H,29H2,(H,30,32)(H,31,33);1H/t19-,20+;/m1./s1. The van der Waals surface area contributed by atoms with E-state index >= 15 is 0 Å². The van der Waals surface area contributed by atoms with E-state index in [0.717, 1.165) is 0 Å². The second-order valence-electron chi connectivity index (χ2n) is 7.59. The average molecular weight is 580 g/mol. The summed E-state index contributed by atoms with van der Waals surface area (Å²) in [4.78, 5) is 25.6. The molecule has 0 radical (unpaired) electrons. The zero-order valence-corrected chi connectivity index (χ0v) is 21.7. The third-order valence-electron chi connectivity index (χ3n) is 5.23. The number of hydrogen-bond acceptors (Lipinski definition) is 3. The first-order valence-corrected chi connectivity index (χ1v) is 11.6. The highest BCUT2D eigenvalue weighted by molar-refractivity contribution is 6.53. The third-order valence-corrected chi connectivity index (χ3v) is 6.93. The van der Waals surface area contributed by atoms with E-state index in [0.29, 0.717) is 32.7 Å². The van der Waals surface area contributed by atoms with Crippen LogP contribution < -0.4 is 16.4 Å². The number of hydrogen-bond donors (Lipinski definition) is 3. The highest BCUT2D eigenvalue weighted by Crippen LogP contribution is 2.65. The molecule has 0 unspecified atom stereocenters. The predicted octanol–water partition coefficient (Wildman–Crippen LogP) is 7.43. The maximum Gasteiger partial charge on any atom is 0.257 e. The lowest BCUT2D eigenvalue weighted by Crippen LogP contribution is -2.18. The summed E-state index contributed by atoms with van der Waals surface area (Å²) < 4.78 is -1.32. The monoisotopic (exact) mass is 577 g/mol. The minimum atomic E-state index is -1.32. The number of nitrogen functional groups attached to an aromatic ring is 1. The molecular formula is C23H17Cl6N3O2. The second-order valence-corrected chi connectivity index (χ2v) is 10.3. The molecule has 0 saturated heterocycles. The van der Waals surface area contributed by atoms with Gasteiger partial charge in [-0.1, -0.05) is 34.8 Å². The van der Waals surface area contributed by atoms with Gasteiger partial charge in [0.15, 0.2) is 0 Å². The van der Waals surface area contributed by atoms with Crippen LogP contribution in [0.25, 0.3) is 0 Å². The summed E-state index contributed by atoms with van der Waals surface area (Å²) in [5.41, 5.74) is 8.00. The van der Waals surface area contributed by atoms with Crippen molar-refractivity contribution in [3.8, 4) is 0 Å². The van der Waals surface area contributed by atoms with Crippen LogP contribution >= 0.6 is 70.4 Å². The van der Waals surface area contributed by atoms with E-state index in [1.165, 1.54) is 12.1 Å². The van der Waals surface area contributed by atoms with Crippen LogP contribution in [-0.4, -0.2) is 16.1 Å². The molecule has 1 fully saturated rings. The van der Waals surface area contributed by atoms with Crippen molar-refractivity contribution in [2.45, 2.75) is 10.3 Å². The van der Waals surface area contributed by atoms with Gasteiger partial charge in [-0.2, -0.15) is 0 Å². The fraction of sp³-hybridized carbons (Fsp3) is 0.130. The molecule has 2 atom stereocenters. The van der Waals surface area contributed by atoms with Gasteiger partial charge in [0.1, 0.15) is 4.33 Å². The van der Waals surface area contributed by atoms with Crippen molar-refractivity contribution >= 4 is 99.3 Å². The highest BCUT2D eigenvalue weighted by Gasteiger charge is 2.67. The SMILES string of the molecule is Cl.Nc1ccc(NC(=O)c2cc(NC(=O)[C@@H]3[C@@H](c4cc(Cl)cc(Cl)c4)C3(Cl)Cl)ccc2Cl)cc1. The summed E-state index contributed by atoms with van der Waals surface area (Å²) in [7, 11) is 0. The van der Waals surface area contributed by atoms with Crippen molar-refractivity contribution in [2.24, 2.45) is 5.92 Å². The van der Waals surface area contributed by atoms with Gasteiger partial charge in [0.2, 0.25) is 5.91 Å². The Bertz CT molecular complexity index is 1230. The Balaban J connectivity index is 0.00000324. The zero-order chi connectivity index (χ0) is 23.9. The quantitative estimate of drug-likeness (QED) is 0.217. The fourth-order valence-electron chi connectivity index (χ4n) is 3.58. The number of benzene rings is 3. The number of anilines is 3. The van der Waals surface area contributed by atoms with Gasteiger partial charge in [-0.15, -0.1) is 35.6 Å². The highest BCUT2D eigenvalue weighted by atomic mass is 35.5. The summed E-state index contributed by atoms with van der Waals surface area (Å²) in [5.74, 6) is -2.08. The Kier molecular flexibility index (Phi) is 8.18. The van der Waals surface area contributed by atoms with E-state index in [-0.39, 0.29) is 23.0 Å². The van der Waals surface area contributed by atoms with Gasteiger partial charge < -0.3 is 16.4 Å². The smallest absolute Gasteiger partial charge is 0.257 e. The fourth-order valence-corrected chi connectivity index (χ4v) is 5.16. The van der Waals surface area contributed by atoms with Crippen LogP contribution in [0.5, 0.6) is 0 Å². The van der Waals surface area contributed by atoms with E-state index in [1.807, 2.05) is 0 Å². The summed E-state index contributed by atoms with van der Waals surface area (Å²) in [6, 6.07) is 16.2. The van der Waals surface area contributed by atoms with Gasteiger partial charge in [-0.25, -0.2) is 0 Å². The zero-order valence-electron chi connectivity index (χ0n) is 17.1. The Labute approximate surface area is 227 Å². The molecular weight excluding hydrogens is 563 g/mol. The molecule has 5 nitrogen and oxygen atoms in total. The molecule has 178 valence electrons.